The number of halogens is 4. The first-order valence-electron chi connectivity index (χ1n) is 8.31. The van der Waals surface area contributed by atoms with Gasteiger partial charge in [0.2, 0.25) is 15.9 Å². The van der Waals surface area contributed by atoms with Gasteiger partial charge >= 0.3 is 0 Å². The van der Waals surface area contributed by atoms with E-state index in [4.69, 9.17) is 0 Å². The minimum atomic E-state index is -4.12. The zero-order valence-corrected chi connectivity index (χ0v) is 19.0. The molecule has 10 heteroatoms. The second kappa shape index (κ2) is 8.72. The summed E-state index contributed by atoms with van der Waals surface area (Å²) in [5.41, 5.74) is 0.829. The molecule has 1 fully saturated rings. The second-order valence-electron chi connectivity index (χ2n) is 6.37. The molecule has 150 valence electrons. The van der Waals surface area contributed by atoms with E-state index in [1.807, 2.05) is 18.2 Å². The lowest BCUT2D eigenvalue weighted by molar-refractivity contribution is -0.124. The Labute approximate surface area is 183 Å². The number of carbonyl (C=O) groups is 1. The van der Waals surface area contributed by atoms with Gasteiger partial charge in [0.15, 0.2) is 0 Å². The van der Waals surface area contributed by atoms with Crippen molar-refractivity contribution >= 4 is 54.5 Å². The van der Waals surface area contributed by atoms with Crippen molar-refractivity contribution in [1.82, 2.24) is 9.62 Å². The number of alkyl halides is 1. The number of sulfonamides is 1. The van der Waals surface area contributed by atoms with Crippen molar-refractivity contribution < 1.29 is 22.0 Å². The fourth-order valence-electron chi connectivity index (χ4n) is 3.02. The van der Waals surface area contributed by atoms with Crippen LogP contribution in [0, 0.1) is 9.39 Å². The molecule has 3 rings (SSSR count). The molecule has 0 aliphatic carbocycles. The minimum absolute atomic E-state index is 0.178. The topological polar surface area (TPSA) is 66.5 Å². The van der Waals surface area contributed by atoms with Gasteiger partial charge < -0.3 is 5.32 Å². The molecule has 0 unspecified atom stereocenters. The molecule has 28 heavy (non-hydrogen) atoms. The van der Waals surface area contributed by atoms with Crippen LogP contribution in [0.2, 0.25) is 0 Å². The molecule has 1 N–H and O–H groups in total. The van der Waals surface area contributed by atoms with E-state index in [0.717, 1.165) is 42.2 Å². The van der Waals surface area contributed by atoms with Crippen LogP contribution in [-0.2, 0) is 21.4 Å². The Bertz CT molecular complexity index is 969. The number of nitrogens with one attached hydrogen (secondary N) is 1. The highest BCUT2D eigenvalue weighted by Crippen LogP contribution is 2.28. The van der Waals surface area contributed by atoms with Crippen LogP contribution in [0.5, 0.6) is 0 Å². The summed E-state index contributed by atoms with van der Waals surface area (Å²) in [6.45, 7) is -0.223. The average Bonchev–Trinajstić information content (AvgIpc) is 3.02. The number of carbonyl (C=O) groups excluding carboxylic acids is 1. The van der Waals surface area contributed by atoms with Gasteiger partial charge in [-0.1, -0.05) is 15.9 Å². The summed E-state index contributed by atoms with van der Waals surface area (Å²) in [6.07, 6.45) is -1.67. The van der Waals surface area contributed by atoms with E-state index in [1.165, 1.54) is 0 Å². The Morgan fingerprint density at radius 2 is 1.93 bits per heavy atom. The van der Waals surface area contributed by atoms with Crippen molar-refractivity contribution in [2.75, 3.05) is 6.54 Å². The van der Waals surface area contributed by atoms with Crippen molar-refractivity contribution in [3.05, 3.63) is 61.9 Å². The van der Waals surface area contributed by atoms with Crippen molar-refractivity contribution in [1.29, 1.82) is 0 Å². The molecule has 1 aliphatic heterocycles. The number of benzene rings is 2. The molecule has 1 amide bonds. The third kappa shape index (κ3) is 4.89. The Hall–Kier alpha value is -1.11. The van der Waals surface area contributed by atoms with Crippen LogP contribution in [-0.4, -0.2) is 37.4 Å². The van der Waals surface area contributed by atoms with Gasteiger partial charge in [0.25, 0.3) is 0 Å². The molecule has 2 aromatic carbocycles. The van der Waals surface area contributed by atoms with E-state index in [2.05, 4.69) is 43.8 Å². The highest BCUT2D eigenvalue weighted by molar-refractivity contribution is 14.1. The van der Waals surface area contributed by atoms with Crippen molar-refractivity contribution in [2.24, 2.45) is 0 Å². The average molecular weight is 585 g/mol. The van der Waals surface area contributed by atoms with Gasteiger partial charge in [-0.25, -0.2) is 17.2 Å². The van der Waals surface area contributed by atoms with Crippen LogP contribution < -0.4 is 5.32 Å². The lowest BCUT2D eigenvalue weighted by Crippen LogP contribution is -2.45. The van der Waals surface area contributed by atoms with E-state index < -0.39 is 40.5 Å². The van der Waals surface area contributed by atoms with Gasteiger partial charge in [0.05, 0.1) is 4.90 Å². The summed E-state index contributed by atoms with van der Waals surface area (Å²) >= 11 is 5.52. The predicted molar refractivity (Wildman–Crippen MR) is 112 cm³/mol. The molecule has 0 spiro atoms. The predicted octanol–water partition coefficient (Wildman–Crippen LogP) is 3.61. The summed E-state index contributed by atoms with van der Waals surface area (Å²) < 4.78 is 55.4. The van der Waals surface area contributed by atoms with Gasteiger partial charge in [-0.05, 0) is 70.6 Å². The SMILES string of the molecule is O=C(NCc1cc(Br)cc(I)c1)[C@@H]1C[C@@H](F)CN1S(=O)(=O)c1ccc(F)cc1. The van der Waals surface area contributed by atoms with Crippen LogP contribution in [0.1, 0.15) is 12.0 Å². The number of amides is 1. The summed E-state index contributed by atoms with van der Waals surface area (Å²) in [4.78, 5) is 12.4. The fraction of sp³-hybridized carbons (Fsp3) is 0.278. The van der Waals surface area contributed by atoms with Gasteiger partial charge in [-0.2, -0.15) is 4.31 Å². The Balaban J connectivity index is 1.77. The molecule has 2 atom stereocenters. The molecule has 0 bridgehead atoms. The molecular weight excluding hydrogens is 569 g/mol. The number of hydrogen-bond acceptors (Lipinski definition) is 3. The van der Waals surface area contributed by atoms with Gasteiger partial charge in [-0.15, -0.1) is 0 Å². The smallest absolute Gasteiger partial charge is 0.243 e. The van der Waals surface area contributed by atoms with Gasteiger partial charge in [0.1, 0.15) is 18.0 Å². The van der Waals surface area contributed by atoms with Crippen molar-refractivity contribution in [3.8, 4) is 0 Å². The zero-order valence-electron chi connectivity index (χ0n) is 14.4. The van der Waals surface area contributed by atoms with Crippen molar-refractivity contribution in [3.63, 3.8) is 0 Å². The van der Waals surface area contributed by atoms with E-state index in [1.54, 1.807) is 0 Å². The summed E-state index contributed by atoms with van der Waals surface area (Å²) in [5, 5.41) is 2.68. The fourth-order valence-corrected chi connectivity index (χ4v) is 6.35. The summed E-state index contributed by atoms with van der Waals surface area (Å²) in [7, 11) is -4.12. The normalized spacial score (nSPS) is 20.3. The van der Waals surface area contributed by atoms with E-state index >= 15 is 0 Å². The Kier molecular flexibility index (Phi) is 6.72. The molecule has 0 aromatic heterocycles. The lowest BCUT2D eigenvalue weighted by Gasteiger charge is -2.23. The summed E-state index contributed by atoms with van der Waals surface area (Å²) in [6, 6.07) is 8.71. The quantitative estimate of drug-likeness (QED) is 0.546. The molecular formula is C18H16BrF2IN2O3S. The largest absolute Gasteiger partial charge is 0.351 e. The maximum Gasteiger partial charge on any atom is 0.243 e. The Morgan fingerprint density at radius 3 is 2.57 bits per heavy atom. The lowest BCUT2D eigenvalue weighted by atomic mass is 10.2. The Morgan fingerprint density at radius 1 is 1.25 bits per heavy atom. The first kappa shape index (κ1) is 21.6. The van der Waals surface area contributed by atoms with Crippen LogP contribution in [0.25, 0.3) is 0 Å². The zero-order chi connectivity index (χ0) is 20.5. The molecule has 0 radical (unpaired) electrons. The minimum Gasteiger partial charge on any atom is -0.351 e. The number of hydrogen-bond donors (Lipinski definition) is 1. The number of nitrogens with zero attached hydrogens (tertiary/aromatic N) is 1. The summed E-state index contributed by atoms with van der Waals surface area (Å²) in [5.74, 6) is -1.15. The second-order valence-corrected chi connectivity index (χ2v) is 10.4. The molecule has 2 aromatic rings. The van der Waals surface area contributed by atoms with Crippen LogP contribution in [0.15, 0.2) is 51.8 Å². The third-order valence-corrected chi connectivity index (χ3v) is 7.29. The highest BCUT2D eigenvalue weighted by atomic mass is 127. The van der Waals surface area contributed by atoms with Crippen LogP contribution in [0.4, 0.5) is 8.78 Å². The van der Waals surface area contributed by atoms with E-state index in [-0.39, 0.29) is 17.9 Å². The molecule has 1 saturated heterocycles. The molecule has 5 nitrogen and oxygen atoms in total. The van der Waals surface area contributed by atoms with Crippen LogP contribution >= 0.6 is 38.5 Å². The first-order chi connectivity index (χ1) is 13.2. The van der Waals surface area contributed by atoms with Gasteiger partial charge in [0, 0.05) is 27.6 Å². The maximum absolute atomic E-state index is 14.0. The molecule has 1 aliphatic rings. The number of rotatable bonds is 5. The monoisotopic (exact) mass is 584 g/mol. The molecule has 0 saturated carbocycles. The highest BCUT2D eigenvalue weighted by Gasteiger charge is 2.44. The third-order valence-electron chi connectivity index (χ3n) is 4.32. The van der Waals surface area contributed by atoms with Gasteiger partial charge in [-0.3, -0.25) is 4.79 Å². The van der Waals surface area contributed by atoms with E-state index in [0.29, 0.717) is 0 Å². The van der Waals surface area contributed by atoms with Crippen molar-refractivity contribution in [2.45, 2.75) is 30.1 Å². The maximum atomic E-state index is 14.0. The molecule has 1 heterocycles. The van der Waals surface area contributed by atoms with E-state index in [9.17, 15) is 22.0 Å². The standard InChI is InChI=1S/C18H16BrF2IN2O3S/c19-12-5-11(6-15(22)7-12)9-23-18(25)17-8-14(21)10-24(17)28(26,27)16-3-1-13(20)2-4-16/h1-7,14,17H,8-10H2,(H,23,25)/t14-,17+/m1/s1. The van der Waals surface area contributed by atoms with Crippen LogP contribution in [0.3, 0.4) is 0 Å². The first-order valence-corrected chi connectivity index (χ1v) is 11.6.